The fraction of sp³-hybridized carbons (Fsp3) is 0.594. The van der Waals surface area contributed by atoms with E-state index in [4.69, 9.17) is 11.6 Å². The van der Waals surface area contributed by atoms with Gasteiger partial charge in [-0.3, -0.25) is 0 Å². The highest BCUT2D eigenvalue weighted by Crippen LogP contribution is 2.25. The van der Waals surface area contributed by atoms with Crippen LogP contribution in [0.4, 0.5) is 19.3 Å². The molecule has 1 aromatic rings. The number of likely N-dealkylation sites (tertiary alicyclic amines) is 1. The first-order valence-electron chi connectivity index (χ1n) is 14.3. The van der Waals surface area contributed by atoms with Crippen LogP contribution in [0.2, 0.25) is 0 Å². The Morgan fingerprint density at radius 1 is 1.08 bits per heavy atom. The Morgan fingerprint density at radius 2 is 1.71 bits per heavy atom. The van der Waals surface area contributed by atoms with Crippen molar-refractivity contribution < 1.29 is 13.6 Å². The molecule has 0 aliphatic carbocycles. The van der Waals surface area contributed by atoms with Gasteiger partial charge in [-0.1, -0.05) is 84.2 Å². The number of urea groups is 1. The molecule has 6 heteroatoms. The number of anilines is 1. The lowest BCUT2D eigenvalue weighted by atomic mass is 10.00. The minimum Gasteiger partial charge on any atom is -0.322 e. The van der Waals surface area contributed by atoms with Gasteiger partial charge in [0.25, 0.3) is 0 Å². The Kier molecular flexibility index (Phi) is 22.8. The first-order valence-corrected chi connectivity index (χ1v) is 14.7. The molecule has 0 aromatic heterocycles. The van der Waals surface area contributed by atoms with E-state index in [1.54, 1.807) is 0 Å². The van der Waals surface area contributed by atoms with Gasteiger partial charge in [0, 0.05) is 29.4 Å². The van der Waals surface area contributed by atoms with E-state index in [9.17, 15) is 13.6 Å². The van der Waals surface area contributed by atoms with Gasteiger partial charge in [-0.2, -0.15) is 0 Å². The topological polar surface area (TPSA) is 32.3 Å². The Labute approximate surface area is 237 Å². The smallest absolute Gasteiger partial charge is 0.322 e. The Bertz CT molecular complexity index is 880. The number of carbonyl (C=O) groups excluding carboxylic acids is 1. The zero-order chi connectivity index (χ0) is 29.7. The molecular weight excluding hydrogens is 502 g/mol. The highest BCUT2D eigenvalue weighted by Gasteiger charge is 2.27. The Morgan fingerprint density at radius 3 is 2.24 bits per heavy atom. The molecule has 1 aliphatic rings. The predicted molar refractivity (Wildman–Crippen MR) is 164 cm³/mol. The molecule has 218 valence electrons. The zero-order valence-corrected chi connectivity index (χ0v) is 26.3. The van der Waals surface area contributed by atoms with Crippen molar-refractivity contribution in [2.75, 3.05) is 11.9 Å². The summed E-state index contributed by atoms with van der Waals surface area (Å²) in [6.45, 7) is 21.3. The van der Waals surface area contributed by atoms with Crippen molar-refractivity contribution >= 4 is 23.3 Å². The van der Waals surface area contributed by atoms with Gasteiger partial charge in [0.05, 0.1) is 0 Å². The van der Waals surface area contributed by atoms with Gasteiger partial charge in [0.2, 0.25) is 0 Å². The number of hydrogen-bond acceptors (Lipinski definition) is 1. The standard InChI is InChI=1S/C17H24F2N2O.C11H17Cl.2C2H6/c1-3-4-14-7-5-12(2)9-10-21(14)17(22)20-13-6-8-15(18)16(19)11-13;1-5-7-8-11(12)10(4)9(3)6-2;2*1-2/h6,8,11-12,14H,3-5,7,9-10H2,1-2H3,(H,20,22);6-8H,5H2,1-4H3;2*1-2H3/b;8-7+,9-6-,11-10+;;. The molecule has 1 N–H and O–H groups in total. The third-order valence-electron chi connectivity index (χ3n) is 6.23. The van der Waals surface area contributed by atoms with Crippen LogP contribution in [0.5, 0.6) is 0 Å². The molecule has 1 aliphatic heterocycles. The SMILES string of the molecule is CC.CC.CCCC1CCC(C)CCN1C(=O)Nc1ccc(F)c(F)c1.C\C=C(C)/C(C)=C(Cl)\C=C\CC. The third kappa shape index (κ3) is 14.7. The molecule has 0 bridgehead atoms. The normalized spacial score (nSPS) is 18.0. The maximum Gasteiger partial charge on any atom is 0.322 e. The first-order chi connectivity index (χ1) is 18.1. The van der Waals surface area contributed by atoms with Gasteiger partial charge >= 0.3 is 6.03 Å². The van der Waals surface area contributed by atoms with Gasteiger partial charge < -0.3 is 10.2 Å². The van der Waals surface area contributed by atoms with Crippen molar-refractivity contribution in [2.24, 2.45) is 5.92 Å². The lowest BCUT2D eigenvalue weighted by Crippen LogP contribution is -2.42. The molecule has 1 aromatic carbocycles. The Hall–Kier alpha value is -2.14. The van der Waals surface area contributed by atoms with Crippen LogP contribution in [0.25, 0.3) is 0 Å². The number of carbonyl (C=O) groups is 1. The van der Waals surface area contributed by atoms with Crippen molar-refractivity contribution in [1.82, 2.24) is 4.90 Å². The number of halogens is 3. The van der Waals surface area contributed by atoms with Crippen LogP contribution >= 0.6 is 11.6 Å². The maximum absolute atomic E-state index is 13.2. The zero-order valence-electron chi connectivity index (χ0n) is 25.6. The summed E-state index contributed by atoms with van der Waals surface area (Å²) in [5.41, 5.74) is 2.68. The van der Waals surface area contributed by atoms with E-state index in [1.807, 2.05) is 52.5 Å². The summed E-state index contributed by atoms with van der Waals surface area (Å²) in [7, 11) is 0. The van der Waals surface area contributed by atoms with Crippen LogP contribution in [0.15, 0.2) is 52.6 Å². The minimum absolute atomic E-state index is 0.222. The second kappa shape index (κ2) is 22.8. The van der Waals surface area contributed by atoms with E-state index in [2.05, 4.69) is 45.2 Å². The molecule has 0 radical (unpaired) electrons. The van der Waals surface area contributed by atoms with E-state index < -0.39 is 11.6 Å². The van der Waals surface area contributed by atoms with Gasteiger partial charge in [0.15, 0.2) is 11.6 Å². The molecule has 2 unspecified atom stereocenters. The van der Waals surface area contributed by atoms with E-state index in [1.165, 1.54) is 11.6 Å². The summed E-state index contributed by atoms with van der Waals surface area (Å²) >= 11 is 6.04. The summed E-state index contributed by atoms with van der Waals surface area (Å²) in [5.74, 6) is -1.25. The van der Waals surface area contributed by atoms with E-state index >= 15 is 0 Å². The van der Waals surface area contributed by atoms with Gasteiger partial charge in [-0.25, -0.2) is 13.6 Å². The van der Waals surface area contributed by atoms with Gasteiger partial charge in [-0.15, -0.1) is 0 Å². The van der Waals surface area contributed by atoms with Crippen molar-refractivity contribution in [1.29, 1.82) is 0 Å². The van der Waals surface area contributed by atoms with Crippen LogP contribution in [-0.4, -0.2) is 23.5 Å². The average molecular weight is 555 g/mol. The minimum atomic E-state index is -0.951. The van der Waals surface area contributed by atoms with Crippen molar-refractivity contribution in [2.45, 2.75) is 114 Å². The van der Waals surface area contributed by atoms with E-state index in [0.29, 0.717) is 12.5 Å². The average Bonchev–Trinajstić information content (AvgIpc) is 3.12. The molecule has 2 atom stereocenters. The second-order valence-electron chi connectivity index (χ2n) is 8.92. The van der Waals surface area contributed by atoms with Crippen LogP contribution in [0.3, 0.4) is 0 Å². The third-order valence-corrected chi connectivity index (χ3v) is 6.64. The number of rotatable bonds is 6. The number of allylic oxidation sites excluding steroid dienone is 6. The molecule has 1 saturated heterocycles. The van der Waals surface area contributed by atoms with Crippen LogP contribution in [-0.2, 0) is 0 Å². The van der Waals surface area contributed by atoms with Crippen LogP contribution in [0.1, 0.15) is 108 Å². The molecule has 3 nitrogen and oxygen atoms in total. The number of nitrogens with zero attached hydrogens (tertiary/aromatic N) is 1. The predicted octanol–water partition coefficient (Wildman–Crippen LogP) is 11.3. The quantitative estimate of drug-likeness (QED) is 0.348. The number of benzene rings is 1. The molecule has 2 amide bonds. The highest BCUT2D eigenvalue weighted by molar-refractivity contribution is 6.31. The lowest BCUT2D eigenvalue weighted by Gasteiger charge is -2.30. The fourth-order valence-electron chi connectivity index (χ4n) is 3.74. The van der Waals surface area contributed by atoms with Gasteiger partial charge in [-0.05, 0) is 82.6 Å². The van der Waals surface area contributed by atoms with E-state index in [0.717, 1.165) is 61.3 Å². The van der Waals surface area contributed by atoms with Crippen molar-refractivity contribution in [3.05, 3.63) is 64.2 Å². The van der Waals surface area contributed by atoms with Crippen LogP contribution in [0, 0.1) is 17.6 Å². The molecule has 0 spiro atoms. The number of nitrogens with one attached hydrogen (secondary N) is 1. The summed E-state index contributed by atoms with van der Waals surface area (Å²) < 4.78 is 26.2. The monoisotopic (exact) mass is 554 g/mol. The van der Waals surface area contributed by atoms with Crippen molar-refractivity contribution in [3.63, 3.8) is 0 Å². The summed E-state index contributed by atoms with van der Waals surface area (Å²) in [6, 6.07) is 3.42. The van der Waals surface area contributed by atoms with Gasteiger partial charge in [0.1, 0.15) is 0 Å². The first kappa shape index (κ1) is 38.0. The summed E-state index contributed by atoms with van der Waals surface area (Å²) in [5, 5.41) is 3.53. The molecule has 1 heterocycles. The molecular formula is C32H53ClF2N2O. The molecule has 38 heavy (non-hydrogen) atoms. The maximum atomic E-state index is 13.2. The molecule has 2 rings (SSSR count). The second-order valence-corrected chi connectivity index (χ2v) is 9.33. The fourth-order valence-corrected chi connectivity index (χ4v) is 3.98. The summed E-state index contributed by atoms with van der Waals surface area (Å²) in [6.07, 6.45) is 12.2. The number of amides is 2. The molecule has 1 fully saturated rings. The molecule has 0 saturated carbocycles. The summed E-state index contributed by atoms with van der Waals surface area (Å²) in [4.78, 5) is 14.4. The number of hydrogen-bond donors (Lipinski definition) is 1. The van der Waals surface area contributed by atoms with Crippen LogP contribution < -0.4 is 5.32 Å². The Balaban J connectivity index is 0. The van der Waals surface area contributed by atoms with Crippen molar-refractivity contribution in [3.8, 4) is 0 Å². The largest absolute Gasteiger partial charge is 0.322 e. The lowest BCUT2D eigenvalue weighted by molar-refractivity contribution is 0.184. The highest BCUT2D eigenvalue weighted by atomic mass is 35.5. The van der Waals surface area contributed by atoms with E-state index in [-0.39, 0.29) is 17.8 Å².